The summed E-state index contributed by atoms with van der Waals surface area (Å²) in [6, 6.07) is 2.09. The number of thiophene rings is 1. The number of carbonyl (C=O) groups excluding carboxylic acids is 1. The minimum absolute atomic E-state index is 0.137. The second-order valence-corrected chi connectivity index (χ2v) is 5.27. The van der Waals surface area contributed by atoms with Gasteiger partial charge in [-0.15, -0.1) is 11.3 Å². The number of hydrazine groups is 1. The van der Waals surface area contributed by atoms with Gasteiger partial charge in [-0.2, -0.15) is 0 Å². The molecule has 4 heteroatoms. The average Bonchev–Trinajstić information content (AvgIpc) is 2.84. The molecule has 1 aliphatic carbocycles. The van der Waals surface area contributed by atoms with E-state index in [1.54, 1.807) is 16.3 Å². The van der Waals surface area contributed by atoms with E-state index in [2.05, 4.69) is 23.8 Å². The normalized spacial score (nSPS) is 17.9. The molecule has 0 saturated heterocycles. The molecule has 3 nitrogen and oxygen atoms in total. The number of hydrogen-bond donors (Lipinski definition) is 1. The van der Waals surface area contributed by atoms with Gasteiger partial charge in [0.2, 0.25) is 5.91 Å². The highest BCUT2D eigenvalue weighted by molar-refractivity contribution is 7.10. The summed E-state index contributed by atoms with van der Waals surface area (Å²) in [7, 11) is 3.69. The van der Waals surface area contributed by atoms with Gasteiger partial charge in [0, 0.05) is 19.0 Å². The Balaban J connectivity index is 2.21. The average molecular weight is 224 g/mol. The van der Waals surface area contributed by atoms with Crippen LogP contribution in [0.3, 0.4) is 0 Å². The van der Waals surface area contributed by atoms with E-state index in [0.717, 1.165) is 12.8 Å². The zero-order chi connectivity index (χ0) is 11.1. The van der Waals surface area contributed by atoms with Crippen molar-refractivity contribution in [2.24, 2.45) is 0 Å². The maximum Gasteiger partial charge on any atom is 0.245 e. The number of carbonyl (C=O) groups is 1. The van der Waals surface area contributed by atoms with Crippen LogP contribution in [0.25, 0.3) is 0 Å². The van der Waals surface area contributed by atoms with Crippen LogP contribution in [0.1, 0.15) is 23.3 Å². The molecule has 1 aliphatic rings. The molecule has 0 atom stereocenters. The predicted molar refractivity (Wildman–Crippen MR) is 61.8 cm³/mol. The maximum absolute atomic E-state index is 12.0. The fourth-order valence-corrected chi connectivity index (χ4v) is 3.04. The highest BCUT2D eigenvalue weighted by atomic mass is 32.1. The summed E-state index contributed by atoms with van der Waals surface area (Å²) in [6.07, 6.45) is 1.96. The van der Waals surface area contributed by atoms with E-state index in [0.29, 0.717) is 0 Å². The lowest BCUT2D eigenvalue weighted by molar-refractivity contribution is -0.127. The second-order valence-electron chi connectivity index (χ2n) is 4.35. The van der Waals surface area contributed by atoms with Gasteiger partial charge in [0.25, 0.3) is 0 Å². The third-order valence-corrected chi connectivity index (χ3v) is 4.03. The van der Waals surface area contributed by atoms with Crippen molar-refractivity contribution in [3.05, 3.63) is 21.9 Å². The fourth-order valence-electron chi connectivity index (χ4n) is 1.86. The molecule has 1 aromatic heterocycles. The van der Waals surface area contributed by atoms with Crippen molar-refractivity contribution in [3.8, 4) is 0 Å². The molecule has 0 radical (unpaired) electrons. The number of nitrogens with one attached hydrogen (secondary N) is 1. The molecule has 2 rings (SSSR count). The van der Waals surface area contributed by atoms with Crippen molar-refractivity contribution in [1.82, 2.24) is 10.4 Å². The van der Waals surface area contributed by atoms with Crippen LogP contribution in [0.2, 0.25) is 0 Å². The Morgan fingerprint density at radius 3 is 2.60 bits per heavy atom. The number of rotatable bonds is 3. The Bertz CT molecular complexity index is 380. The largest absolute Gasteiger partial charge is 0.289 e. The minimum atomic E-state index is -0.220. The highest BCUT2D eigenvalue weighted by Gasteiger charge is 2.53. The van der Waals surface area contributed by atoms with E-state index in [-0.39, 0.29) is 11.3 Å². The number of amides is 1. The third kappa shape index (κ3) is 1.79. The Morgan fingerprint density at radius 2 is 2.20 bits per heavy atom. The van der Waals surface area contributed by atoms with Crippen molar-refractivity contribution in [2.75, 3.05) is 14.1 Å². The SMILES string of the molecule is Cc1ccsc1C1(C(=O)NN(C)C)CC1. The maximum atomic E-state index is 12.0. The van der Waals surface area contributed by atoms with Crippen molar-refractivity contribution < 1.29 is 4.79 Å². The van der Waals surface area contributed by atoms with Crippen LogP contribution in [-0.2, 0) is 10.2 Å². The van der Waals surface area contributed by atoms with E-state index in [4.69, 9.17) is 0 Å². The van der Waals surface area contributed by atoms with Crippen LogP contribution in [0.5, 0.6) is 0 Å². The summed E-state index contributed by atoms with van der Waals surface area (Å²) in [4.78, 5) is 13.3. The first-order valence-electron chi connectivity index (χ1n) is 5.09. The van der Waals surface area contributed by atoms with Gasteiger partial charge < -0.3 is 0 Å². The van der Waals surface area contributed by atoms with Crippen LogP contribution in [0.4, 0.5) is 0 Å². The molecule has 1 amide bonds. The zero-order valence-electron chi connectivity index (χ0n) is 9.33. The number of nitrogens with zero attached hydrogens (tertiary/aromatic N) is 1. The summed E-state index contributed by atoms with van der Waals surface area (Å²) < 4.78 is 0. The summed E-state index contributed by atoms with van der Waals surface area (Å²) in [5.74, 6) is 0.137. The Kier molecular flexibility index (Phi) is 2.56. The van der Waals surface area contributed by atoms with Gasteiger partial charge in [0.05, 0.1) is 5.41 Å². The standard InChI is InChI=1S/C11H16N2OS/c1-8-4-7-15-9(8)11(5-6-11)10(14)12-13(2)3/h4,7H,5-6H2,1-3H3,(H,12,14). The molecule has 0 aliphatic heterocycles. The zero-order valence-corrected chi connectivity index (χ0v) is 10.1. The first-order chi connectivity index (χ1) is 7.06. The molecule has 1 aromatic rings. The highest BCUT2D eigenvalue weighted by Crippen LogP contribution is 2.51. The van der Waals surface area contributed by atoms with Crippen LogP contribution in [0, 0.1) is 6.92 Å². The molecule has 0 aromatic carbocycles. The minimum Gasteiger partial charge on any atom is -0.289 e. The molecule has 0 unspecified atom stereocenters. The smallest absolute Gasteiger partial charge is 0.245 e. The van der Waals surface area contributed by atoms with E-state index >= 15 is 0 Å². The van der Waals surface area contributed by atoms with Gasteiger partial charge >= 0.3 is 0 Å². The van der Waals surface area contributed by atoms with Crippen LogP contribution in [-0.4, -0.2) is 25.0 Å². The van der Waals surface area contributed by atoms with Gasteiger partial charge in [-0.25, -0.2) is 5.01 Å². The van der Waals surface area contributed by atoms with Gasteiger partial charge in [-0.05, 0) is 36.8 Å². The van der Waals surface area contributed by atoms with Crippen LogP contribution >= 0.6 is 11.3 Å². The van der Waals surface area contributed by atoms with Crippen molar-refractivity contribution in [1.29, 1.82) is 0 Å². The van der Waals surface area contributed by atoms with E-state index in [1.165, 1.54) is 10.4 Å². The van der Waals surface area contributed by atoms with E-state index < -0.39 is 0 Å². The lowest BCUT2D eigenvalue weighted by Gasteiger charge is -2.18. The summed E-state index contributed by atoms with van der Waals surface area (Å²) >= 11 is 1.70. The number of hydrogen-bond acceptors (Lipinski definition) is 3. The van der Waals surface area contributed by atoms with E-state index in [1.807, 2.05) is 14.1 Å². The lowest BCUT2D eigenvalue weighted by atomic mass is 10.0. The van der Waals surface area contributed by atoms with Crippen LogP contribution < -0.4 is 5.43 Å². The predicted octanol–water partition coefficient (Wildman–Crippen LogP) is 1.68. The van der Waals surface area contributed by atoms with Gasteiger partial charge in [-0.1, -0.05) is 0 Å². The number of aryl methyl sites for hydroxylation is 1. The van der Waals surface area contributed by atoms with Crippen molar-refractivity contribution in [3.63, 3.8) is 0 Å². The molecular formula is C11H16N2OS. The fraction of sp³-hybridized carbons (Fsp3) is 0.545. The molecule has 0 spiro atoms. The Morgan fingerprint density at radius 1 is 1.53 bits per heavy atom. The van der Waals surface area contributed by atoms with E-state index in [9.17, 15) is 4.79 Å². The van der Waals surface area contributed by atoms with Gasteiger partial charge in [0.1, 0.15) is 0 Å². The van der Waals surface area contributed by atoms with Gasteiger partial charge in [-0.3, -0.25) is 10.2 Å². The Hall–Kier alpha value is -0.870. The Labute approximate surface area is 94.1 Å². The molecule has 1 saturated carbocycles. The third-order valence-electron chi connectivity index (χ3n) is 2.81. The van der Waals surface area contributed by atoms with Crippen LogP contribution in [0.15, 0.2) is 11.4 Å². The summed E-state index contributed by atoms with van der Waals surface area (Å²) in [6.45, 7) is 2.08. The molecule has 1 N–H and O–H groups in total. The molecule has 15 heavy (non-hydrogen) atoms. The topological polar surface area (TPSA) is 32.3 Å². The first kappa shape index (κ1) is 10.6. The van der Waals surface area contributed by atoms with Gasteiger partial charge in [0.15, 0.2) is 0 Å². The summed E-state index contributed by atoms with van der Waals surface area (Å²) in [5, 5.41) is 3.78. The molecular weight excluding hydrogens is 208 g/mol. The quantitative estimate of drug-likeness (QED) is 0.792. The lowest BCUT2D eigenvalue weighted by Crippen LogP contribution is -2.42. The van der Waals surface area contributed by atoms with Crippen molar-refractivity contribution in [2.45, 2.75) is 25.2 Å². The summed E-state index contributed by atoms with van der Waals surface area (Å²) in [5.41, 5.74) is 3.88. The molecule has 1 heterocycles. The first-order valence-corrected chi connectivity index (χ1v) is 5.97. The molecule has 1 fully saturated rings. The molecule has 0 bridgehead atoms. The second kappa shape index (κ2) is 3.61. The molecule has 82 valence electrons. The van der Waals surface area contributed by atoms with Crippen molar-refractivity contribution >= 4 is 17.2 Å². The monoisotopic (exact) mass is 224 g/mol.